The maximum atomic E-state index is 10.5. The third kappa shape index (κ3) is 2.05. The zero-order valence-electron chi connectivity index (χ0n) is 7.75. The van der Waals surface area contributed by atoms with Gasteiger partial charge in [0.15, 0.2) is 0 Å². The van der Waals surface area contributed by atoms with Crippen molar-refractivity contribution in [1.82, 2.24) is 0 Å². The van der Waals surface area contributed by atoms with E-state index in [1.54, 1.807) is 6.07 Å². The Morgan fingerprint density at radius 1 is 1.67 bits per heavy atom. The Bertz CT molecular complexity index is 396. The van der Waals surface area contributed by atoms with E-state index in [0.29, 0.717) is 11.5 Å². The quantitative estimate of drug-likeness (QED) is 0.611. The Hall–Kier alpha value is -1.27. The predicted octanol–water partition coefficient (Wildman–Crippen LogP) is 1.44. The molecule has 0 aliphatic carbocycles. The highest BCUT2D eigenvalue weighted by atomic mass is 32.2. The predicted molar refractivity (Wildman–Crippen MR) is 55.3 cm³/mol. The molecule has 15 heavy (non-hydrogen) atoms. The van der Waals surface area contributed by atoms with E-state index in [1.165, 1.54) is 23.9 Å². The Kier molecular flexibility index (Phi) is 2.79. The number of rotatable bonds is 2. The van der Waals surface area contributed by atoms with Gasteiger partial charge in [0, 0.05) is 17.9 Å². The second-order valence-corrected chi connectivity index (χ2v) is 4.18. The fraction of sp³-hybridized carbons (Fsp3) is 0.333. The Morgan fingerprint density at radius 3 is 3.13 bits per heavy atom. The summed E-state index contributed by atoms with van der Waals surface area (Å²) in [6, 6.07) is 4.47. The van der Waals surface area contributed by atoms with Gasteiger partial charge in [0.2, 0.25) is 0 Å². The van der Waals surface area contributed by atoms with E-state index in [-0.39, 0.29) is 18.4 Å². The lowest BCUT2D eigenvalue weighted by Gasteiger charge is -2.23. The van der Waals surface area contributed by atoms with Gasteiger partial charge in [-0.2, -0.15) is 0 Å². The topological polar surface area (TPSA) is 72.6 Å². The largest absolute Gasteiger partial charge is 0.486 e. The summed E-state index contributed by atoms with van der Waals surface area (Å²) in [5.41, 5.74) is 0.0623. The highest BCUT2D eigenvalue weighted by Gasteiger charge is 2.21. The number of hydrogen-bond acceptors (Lipinski definition) is 5. The molecule has 0 saturated heterocycles. The van der Waals surface area contributed by atoms with Crippen molar-refractivity contribution in [2.75, 3.05) is 12.4 Å². The van der Waals surface area contributed by atoms with Crippen LogP contribution in [-0.2, 0) is 0 Å². The molecule has 6 heteroatoms. The van der Waals surface area contributed by atoms with E-state index in [4.69, 9.17) is 9.84 Å². The Morgan fingerprint density at radius 2 is 2.47 bits per heavy atom. The summed E-state index contributed by atoms with van der Waals surface area (Å²) in [5, 5.41) is 19.4. The lowest BCUT2D eigenvalue weighted by atomic mass is 10.3. The molecule has 0 fully saturated rings. The minimum Gasteiger partial charge on any atom is -0.486 e. The molecule has 1 aliphatic rings. The molecular weight excluding hydrogens is 218 g/mol. The van der Waals surface area contributed by atoms with Crippen LogP contribution in [0.15, 0.2) is 23.1 Å². The molecule has 1 atom stereocenters. The molecule has 0 unspecified atom stereocenters. The monoisotopic (exact) mass is 227 g/mol. The molecule has 1 aromatic carbocycles. The zero-order chi connectivity index (χ0) is 10.8. The standard InChI is InChI=1S/C9H9NO4S/c11-4-7-5-15-9-3-6(10(12)13)1-2-8(9)14-7/h1-3,7,11H,4-5H2/t7-/m0/s1. The number of nitrogens with zero attached hydrogens (tertiary/aromatic N) is 1. The Balaban J connectivity index is 2.28. The van der Waals surface area contributed by atoms with Gasteiger partial charge in [0.25, 0.3) is 5.69 Å². The van der Waals surface area contributed by atoms with Crippen molar-refractivity contribution in [3.05, 3.63) is 28.3 Å². The van der Waals surface area contributed by atoms with Gasteiger partial charge in [-0.05, 0) is 6.07 Å². The summed E-state index contributed by atoms with van der Waals surface area (Å²) < 4.78 is 5.42. The van der Waals surface area contributed by atoms with Crippen LogP contribution in [0, 0.1) is 10.1 Å². The summed E-state index contributed by atoms with van der Waals surface area (Å²) in [7, 11) is 0. The van der Waals surface area contributed by atoms with E-state index < -0.39 is 4.92 Å². The van der Waals surface area contributed by atoms with E-state index >= 15 is 0 Å². The second kappa shape index (κ2) is 4.08. The van der Waals surface area contributed by atoms with E-state index in [1.807, 2.05) is 0 Å². The maximum absolute atomic E-state index is 10.5. The SMILES string of the molecule is O=[N+]([O-])c1ccc2c(c1)SC[C@H](CO)O2. The van der Waals surface area contributed by atoms with Crippen LogP contribution in [0.5, 0.6) is 5.75 Å². The molecule has 1 heterocycles. The van der Waals surface area contributed by atoms with Crippen molar-refractivity contribution in [2.45, 2.75) is 11.0 Å². The van der Waals surface area contributed by atoms with Crippen molar-refractivity contribution in [2.24, 2.45) is 0 Å². The van der Waals surface area contributed by atoms with Crippen LogP contribution < -0.4 is 4.74 Å². The fourth-order valence-corrected chi connectivity index (χ4v) is 2.31. The number of ether oxygens (including phenoxy) is 1. The number of nitro benzene ring substituents is 1. The molecule has 2 rings (SSSR count). The van der Waals surface area contributed by atoms with Crippen LogP contribution in [0.4, 0.5) is 5.69 Å². The molecule has 0 radical (unpaired) electrons. The molecule has 1 N–H and O–H groups in total. The number of non-ortho nitro benzene ring substituents is 1. The second-order valence-electron chi connectivity index (χ2n) is 3.12. The van der Waals surface area contributed by atoms with E-state index in [2.05, 4.69) is 0 Å². The lowest BCUT2D eigenvalue weighted by molar-refractivity contribution is -0.385. The van der Waals surface area contributed by atoms with Gasteiger partial charge in [-0.15, -0.1) is 11.8 Å². The first kappa shape index (κ1) is 10.3. The summed E-state index contributed by atoms with van der Waals surface area (Å²) >= 11 is 1.46. The average molecular weight is 227 g/mol. The van der Waals surface area contributed by atoms with Gasteiger partial charge in [0.1, 0.15) is 11.9 Å². The molecular formula is C9H9NO4S. The van der Waals surface area contributed by atoms with Gasteiger partial charge in [0.05, 0.1) is 16.4 Å². The molecule has 1 aromatic rings. The number of fused-ring (bicyclic) bond motifs is 1. The molecule has 0 amide bonds. The minimum absolute atomic E-state index is 0.0383. The maximum Gasteiger partial charge on any atom is 0.270 e. The normalized spacial score (nSPS) is 19.1. The summed E-state index contributed by atoms with van der Waals surface area (Å²) in [5.74, 6) is 1.22. The lowest BCUT2D eigenvalue weighted by Crippen LogP contribution is -2.26. The first-order valence-corrected chi connectivity index (χ1v) is 5.38. The van der Waals surface area contributed by atoms with Crippen molar-refractivity contribution in [3.63, 3.8) is 0 Å². The average Bonchev–Trinajstić information content (AvgIpc) is 2.27. The number of nitro groups is 1. The van der Waals surface area contributed by atoms with Gasteiger partial charge in [-0.3, -0.25) is 10.1 Å². The molecule has 5 nitrogen and oxygen atoms in total. The van der Waals surface area contributed by atoms with Crippen LogP contribution >= 0.6 is 11.8 Å². The summed E-state index contributed by atoms with van der Waals surface area (Å²) in [6.45, 7) is -0.0383. The van der Waals surface area contributed by atoms with Gasteiger partial charge >= 0.3 is 0 Å². The van der Waals surface area contributed by atoms with Gasteiger partial charge < -0.3 is 9.84 Å². The molecule has 80 valence electrons. The number of thioether (sulfide) groups is 1. The van der Waals surface area contributed by atoms with Crippen molar-refractivity contribution in [1.29, 1.82) is 0 Å². The van der Waals surface area contributed by atoms with Crippen molar-refractivity contribution >= 4 is 17.4 Å². The molecule has 0 bridgehead atoms. The highest BCUT2D eigenvalue weighted by Crippen LogP contribution is 2.37. The van der Waals surface area contributed by atoms with E-state index in [0.717, 1.165) is 4.90 Å². The van der Waals surface area contributed by atoms with Crippen molar-refractivity contribution in [3.8, 4) is 5.75 Å². The van der Waals surface area contributed by atoms with Crippen molar-refractivity contribution < 1.29 is 14.8 Å². The van der Waals surface area contributed by atoms with E-state index in [9.17, 15) is 10.1 Å². The fourth-order valence-electron chi connectivity index (χ4n) is 1.31. The van der Waals surface area contributed by atoms with Crippen LogP contribution in [0.1, 0.15) is 0 Å². The number of hydrogen-bond donors (Lipinski definition) is 1. The van der Waals surface area contributed by atoms with Crippen LogP contribution in [0.25, 0.3) is 0 Å². The minimum atomic E-state index is -0.432. The molecule has 0 aromatic heterocycles. The van der Waals surface area contributed by atoms with Crippen LogP contribution in [-0.4, -0.2) is 28.5 Å². The van der Waals surface area contributed by atoms with Gasteiger partial charge in [-0.1, -0.05) is 0 Å². The molecule has 1 aliphatic heterocycles. The zero-order valence-corrected chi connectivity index (χ0v) is 8.57. The smallest absolute Gasteiger partial charge is 0.270 e. The first-order valence-electron chi connectivity index (χ1n) is 4.39. The number of benzene rings is 1. The number of aliphatic hydroxyl groups is 1. The third-order valence-electron chi connectivity index (χ3n) is 2.06. The molecule has 0 spiro atoms. The number of aliphatic hydroxyl groups excluding tert-OH is 1. The highest BCUT2D eigenvalue weighted by molar-refractivity contribution is 7.99. The third-order valence-corrected chi connectivity index (χ3v) is 3.23. The molecule has 0 saturated carbocycles. The van der Waals surface area contributed by atoms with Crippen LogP contribution in [0.3, 0.4) is 0 Å². The summed E-state index contributed by atoms with van der Waals surface area (Å²) in [4.78, 5) is 10.8. The Labute approximate surface area is 90.2 Å². The first-order chi connectivity index (χ1) is 7.20. The van der Waals surface area contributed by atoms with Gasteiger partial charge in [-0.25, -0.2) is 0 Å². The van der Waals surface area contributed by atoms with Crippen LogP contribution in [0.2, 0.25) is 0 Å². The summed E-state index contributed by atoms with van der Waals surface area (Å²) in [6.07, 6.45) is -0.219.